The molecule has 0 unspecified atom stereocenters. The standard InChI is InChI=1S/C12H12N2O2/c1-2-7-14-8-10-3-5-11(6-4-10)16-9-12(13)15/h1,3-6,8H,7,9H2,(H2,13,15). The van der Waals surface area contributed by atoms with Crippen molar-refractivity contribution in [1.29, 1.82) is 0 Å². The molecule has 0 spiro atoms. The van der Waals surface area contributed by atoms with Crippen LogP contribution in [0.4, 0.5) is 0 Å². The highest BCUT2D eigenvalue weighted by atomic mass is 16.5. The molecule has 0 atom stereocenters. The van der Waals surface area contributed by atoms with Crippen molar-refractivity contribution in [3.63, 3.8) is 0 Å². The van der Waals surface area contributed by atoms with E-state index in [0.29, 0.717) is 12.3 Å². The summed E-state index contributed by atoms with van der Waals surface area (Å²) in [6, 6.07) is 7.10. The third-order valence-electron chi connectivity index (χ3n) is 1.68. The van der Waals surface area contributed by atoms with Crippen LogP contribution in [0.1, 0.15) is 5.56 Å². The SMILES string of the molecule is C#CCN=Cc1ccc(OCC(N)=O)cc1. The van der Waals surface area contributed by atoms with Crippen molar-refractivity contribution in [1.82, 2.24) is 0 Å². The van der Waals surface area contributed by atoms with Crippen molar-refractivity contribution < 1.29 is 9.53 Å². The van der Waals surface area contributed by atoms with Crippen molar-refractivity contribution >= 4 is 12.1 Å². The Morgan fingerprint density at radius 3 is 2.75 bits per heavy atom. The number of nitrogens with zero attached hydrogens (tertiary/aromatic N) is 1. The van der Waals surface area contributed by atoms with Gasteiger partial charge in [-0.3, -0.25) is 9.79 Å². The molecule has 82 valence electrons. The zero-order chi connectivity index (χ0) is 11.8. The average molecular weight is 216 g/mol. The van der Waals surface area contributed by atoms with Gasteiger partial charge >= 0.3 is 0 Å². The van der Waals surface area contributed by atoms with Gasteiger partial charge in [0.05, 0.1) is 6.54 Å². The summed E-state index contributed by atoms with van der Waals surface area (Å²) in [5.74, 6) is 2.50. The first-order valence-corrected chi connectivity index (χ1v) is 4.67. The molecule has 1 rings (SSSR count). The zero-order valence-electron chi connectivity index (χ0n) is 8.72. The van der Waals surface area contributed by atoms with E-state index in [1.165, 1.54) is 0 Å². The molecular formula is C12H12N2O2. The Hall–Kier alpha value is -2.28. The first kappa shape index (κ1) is 11.8. The van der Waals surface area contributed by atoms with Crippen LogP contribution in [0.2, 0.25) is 0 Å². The molecule has 4 heteroatoms. The van der Waals surface area contributed by atoms with Crippen LogP contribution in [0.25, 0.3) is 0 Å². The van der Waals surface area contributed by atoms with E-state index in [-0.39, 0.29) is 6.61 Å². The molecule has 0 aliphatic carbocycles. The number of carbonyl (C=O) groups is 1. The van der Waals surface area contributed by atoms with E-state index in [1.54, 1.807) is 18.3 Å². The molecule has 0 saturated heterocycles. The minimum Gasteiger partial charge on any atom is -0.484 e. The van der Waals surface area contributed by atoms with E-state index >= 15 is 0 Å². The largest absolute Gasteiger partial charge is 0.484 e. The molecule has 0 aliphatic heterocycles. The number of primary amides is 1. The van der Waals surface area contributed by atoms with Gasteiger partial charge in [0.25, 0.3) is 5.91 Å². The first-order valence-electron chi connectivity index (χ1n) is 4.67. The predicted molar refractivity (Wildman–Crippen MR) is 62.4 cm³/mol. The van der Waals surface area contributed by atoms with Crippen LogP contribution < -0.4 is 10.5 Å². The monoisotopic (exact) mass is 216 g/mol. The summed E-state index contributed by atoms with van der Waals surface area (Å²) in [6.07, 6.45) is 6.74. The van der Waals surface area contributed by atoms with Crippen LogP contribution in [-0.2, 0) is 4.79 Å². The van der Waals surface area contributed by atoms with Gasteiger partial charge in [0.1, 0.15) is 5.75 Å². The van der Waals surface area contributed by atoms with E-state index in [2.05, 4.69) is 10.9 Å². The number of hydrogen-bond acceptors (Lipinski definition) is 3. The molecule has 0 saturated carbocycles. The Morgan fingerprint density at radius 1 is 1.50 bits per heavy atom. The van der Waals surface area contributed by atoms with Gasteiger partial charge in [-0.15, -0.1) is 6.42 Å². The van der Waals surface area contributed by atoms with Crippen molar-refractivity contribution in [2.45, 2.75) is 0 Å². The maximum Gasteiger partial charge on any atom is 0.255 e. The van der Waals surface area contributed by atoms with Crippen molar-refractivity contribution in [3.8, 4) is 18.1 Å². The third-order valence-corrected chi connectivity index (χ3v) is 1.68. The highest BCUT2D eigenvalue weighted by Crippen LogP contribution is 2.10. The lowest BCUT2D eigenvalue weighted by molar-refractivity contribution is -0.119. The van der Waals surface area contributed by atoms with Crippen LogP contribution in [0, 0.1) is 12.3 Å². The molecule has 16 heavy (non-hydrogen) atoms. The molecule has 1 aromatic carbocycles. The maximum absolute atomic E-state index is 10.5. The number of terminal acetylenes is 1. The van der Waals surface area contributed by atoms with E-state index < -0.39 is 5.91 Å². The summed E-state index contributed by atoms with van der Waals surface area (Å²) in [7, 11) is 0. The van der Waals surface area contributed by atoms with Crippen molar-refractivity contribution in [3.05, 3.63) is 29.8 Å². The van der Waals surface area contributed by atoms with E-state index in [9.17, 15) is 4.79 Å². The first-order chi connectivity index (χ1) is 7.72. The fraction of sp³-hybridized carbons (Fsp3) is 0.167. The minimum atomic E-state index is -0.500. The van der Waals surface area contributed by atoms with Crippen molar-refractivity contribution in [2.75, 3.05) is 13.2 Å². The van der Waals surface area contributed by atoms with Gasteiger partial charge in [-0.2, -0.15) is 0 Å². The zero-order valence-corrected chi connectivity index (χ0v) is 8.72. The number of rotatable bonds is 5. The van der Waals surface area contributed by atoms with E-state index in [4.69, 9.17) is 16.9 Å². The molecule has 0 radical (unpaired) electrons. The highest BCUT2D eigenvalue weighted by molar-refractivity contribution is 5.80. The van der Waals surface area contributed by atoms with E-state index in [0.717, 1.165) is 5.56 Å². The summed E-state index contributed by atoms with van der Waals surface area (Å²) < 4.78 is 5.10. The molecule has 0 fully saturated rings. The number of hydrogen-bond donors (Lipinski definition) is 1. The van der Waals surface area contributed by atoms with Gasteiger partial charge in [-0.25, -0.2) is 0 Å². The lowest BCUT2D eigenvalue weighted by Gasteiger charge is -2.02. The van der Waals surface area contributed by atoms with Crippen LogP contribution >= 0.6 is 0 Å². The number of amides is 1. The Balaban J connectivity index is 2.54. The summed E-state index contributed by atoms with van der Waals surface area (Å²) in [6.45, 7) is 0.241. The molecule has 0 aliphatic rings. The van der Waals surface area contributed by atoms with Crippen LogP contribution in [-0.4, -0.2) is 25.3 Å². The number of nitrogens with two attached hydrogens (primary N) is 1. The van der Waals surface area contributed by atoms with Gasteiger partial charge in [0.15, 0.2) is 6.61 Å². The van der Waals surface area contributed by atoms with Crippen LogP contribution in [0.3, 0.4) is 0 Å². The van der Waals surface area contributed by atoms with Crippen molar-refractivity contribution in [2.24, 2.45) is 10.7 Å². The molecule has 1 aromatic rings. The number of ether oxygens (including phenoxy) is 1. The second-order valence-corrected chi connectivity index (χ2v) is 3.00. The lowest BCUT2D eigenvalue weighted by Crippen LogP contribution is -2.19. The second kappa shape index (κ2) is 6.25. The summed E-state index contributed by atoms with van der Waals surface area (Å²) in [5, 5.41) is 0. The minimum absolute atomic E-state index is 0.121. The van der Waals surface area contributed by atoms with Gasteiger partial charge in [0.2, 0.25) is 0 Å². The molecule has 0 bridgehead atoms. The normalized spacial score (nSPS) is 9.94. The molecule has 4 nitrogen and oxygen atoms in total. The molecule has 1 amide bonds. The highest BCUT2D eigenvalue weighted by Gasteiger charge is 1.96. The fourth-order valence-corrected chi connectivity index (χ4v) is 1.01. The maximum atomic E-state index is 10.5. The van der Waals surface area contributed by atoms with Gasteiger partial charge in [-0.05, 0) is 29.8 Å². The van der Waals surface area contributed by atoms with Gasteiger partial charge in [-0.1, -0.05) is 5.92 Å². The van der Waals surface area contributed by atoms with E-state index in [1.807, 2.05) is 12.1 Å². The summed E-state index contributed by atoms with van der Waals surface area (Å²) in [4.78, 5) is 14.5. The van der Waals surface area contributed by atoms with Crippen LogP contribution in [0.15, 0.2) is 29.3 Å². The van der Waals surface area contributed by atoms with Gasteiger partial charge in [0, 0.05) is 6.21 Å². The lowest BCUT2D eigenvalue weighted by atomic mass is 10.2. The van der Waals surface area contributed by atoms with Gasteiger partial charge < -0.3 is 10.5 Å². The second-order valence-electron chi connectivity index (χ2n) is 3.00. The average Bonchev–Trinajstić information content (AvgIpc) is 2.28. The fourth-order valence-electron chi connectivity index (χ4n) is 1.01. The molecule has 2 N–H and O–H groups in total. The Kier molecular flexibility index (Phi) is 4.61. The number of benzene rings is 1. The molecule has 0 aromatic heterocycles. The summed E-state index contributed by atoms with van der Waals surface area (Å²) >= 11 is 0. The number of carbonyl (C=O) groups excluding carboxylic acids is 1. The summed E-state index contributed by atoms with van der Waals surface area (Å²) in [5.41, 5.74) is 5.87. The third kappa shape index (κ3) is 4.29. The molecular weight excluding hydrogens is 204 g/mol. The Bertz CT molecular complexity index is 416. The quantitative estimate of drug-likeness (QED) is 0.578. The number of aliphatic imine (C=N–C) groups is 1. The van der Waals surface area contributed by atoms with Crippen LogP contribution in [0.5, 0.6) is 5.75 Å². The Labute approximate surface area is 94.1 Å². The smallest absolute Gasteiger partial charge is 0.255 e. The molecule has 0 heterocycles. The topological polar surface area (TPSA) is 64.7 Å². The predicted octanol–water partition coefficient (Wildman–Crippen LogP) is 0.603. The Morgan fingerprint density at radius 2 is 2.19 bits per heavy atom.